The molecule has 94 valence electrons. The normalized spacial score (nSPS) is 12.2. The fraction of sp³-hybridized carbons (Fsp3) is 0.286. The number of anilines is 1. The molecule has 1 aromatic heterocycles. The molecule has 3 nitrogen and oxygen atoms in total. The van der Waals surface area contributed by atoms with E-state index >= 15 is 0 Å². The first-order valence-corrected chi connectivity index (χ1v) is 6.67. The molecule has 1 aromatic carbocycles. The Morgan fingerprint density at radius 2 is 1.89 bits per heavy atom. The third-order valence-electron chi connectivity index (χ3n) is 2.82. The van der Waals surface area contributed by atoms with Gasteiger partial charge in [-0.2, -0.15) is 0 Å². The fourth-order valence-electron chi connectivity index (χ4n) is 1.89. The molecule has 0 amide bonds. The third-order valence-corrected chi connectivity index (χ3v) is 3.51. The number of hydrogen-bond acceptors (Lipinski definition) is 3. The SMILES string of the molecule is Cc1ccc(Br)c(NC(C)c2nccnc2C)c1. The van der Waals surface area contributed by atoms with E-state index in [4.69, 9.17) is 0 Å². The number of aryl methyl sites for hydroxylation is 2. The number of benzene rings is 1. The lowest BCUT2D eigenvalue weighted by Gasteiger charge is -2.17. The zero-order chi connectivity index (χ0) is 13.1. The molecule has 0 aliphatic heterocycles. The molecule has 2 aromatic rings. The van der Waals surface area contributed by atoms with E-state index in [0.717, 1.165) is 21.5 Å². The number of nitrogens with zero attached hydrogens (tertiary/aromatic N) is 2. The van der Waals surface area contributed by atoms with Gasteiger partial charge in [-0.05, 0) is 54.4 Å². The molecular weight excluding hydrogens is 290 g/mol. The maximum absolute atomic E-state index is 4.39. The van der Waals surface area contributed by atoms with Gasteiger partial charge in [0.25, 0.3) is 0 Å². The molecule has 1 N–H and O–H groups in total. The molecule has 1 atom stereocenters. The van der Waals surface area contributed by atoms with Crippen LogP contribution in [0.5, 0.6) is 0 Å². The lowest BCUT2D eigenvalue weighted by Crippen LogP contribution is -2.11. The zero-order valence-electron chi connectivity index (χ0n) is 10.7. The second-order valence-electron chi connectivity index (χ2n) is 4.38. The van der Waals surface area contributed by atoms with Gasteiger partial charge in [0.2, 0.25) is 0 Å². The Labute approximate surface area is 116 Å². The van der Waals surface area contributed by atoms with Crippen molar-refractivity contribution in [1.29, 1.82) is 0 Å². The Morgan fingerprint density at radius 3 is 2.61 bits per heavy atom. The van der Waals surface area contributed by atoms with Crippen molar-refractivity contribution >= 4 is 21.6 Å². The Morgan fingerprint density at radius 1 is 1.17 bits per heavy atom. The Kier molecular flexibility index (Phi) is 3.97. The number of nitrogens with one attached hydrogen (secondary N) is 1. The summed E-state index contributed by atoms with van der Waals surface area (Å²) in [6.45, 7) is 6.15. The van der Waals surface area contributed by atoms with Crippen LogP contribution in [-0.2, 0) is 0 Å². The fourth-order valence-corrected chi connectivity index (χ4v) is 2.26. The van der Waals surface area contributed by atoms with Gasteiger partial charge in [-0.1, -0.05) is 6.07 Å². The van der Waals surface area contributed by atoms with E-state index in [1.54, 1.807) is 12.4 Å². The standard InChI is InChI=1S/C14H16BrN3/c1-9-4-5-12(15)13(8-9)18-11(3)14-10(2)16-6-7-17-14/h4-8,11,18H,1-3H3. The molecule has 0 bridgehead atoms. The van der Waals surface area contributed by atoms with Crippen molar-refractivity contribution in [3.63, 3.8) is 0 Å². The molecule has 0 saturated heterocycles. The minimum atomic E-state index is 0.122. The smallest absolute Gasteiger partial charge is 0.0835 e. The van der Waals surface area contributed by atoms with Crippen LogP contribution < -0.4 is 5.32 Å². The monoisotopic (exact) mass is 305 g/mol. The largest absolute Gasteiger partial charge is 0.376 e. The summed E-state index contributed by atoms with van der Waals surface area (Å²) in [4.78, 5) is 8.65. The van der Waals surface area contributed by atoms with Crippen molar-refractivity contribution in [2.75, 3.05) is 5.32 Å². The average Bonchev–Trinajstić information content (AvgIpc) is 2.34. The predicted octanol–water partition coefficient (Wildman–Crippen LogP) is 4.03. The van der Waals surface area contributed by atoms with E-state index in [-0.39, 0.29) is 6.04 Å². The second kappa shape index (κ2) is 5.48. The summed E-state index contributed by atoms with van der Waals surface area (Å²) in [5.74, 6) is 0. The second-order valence-corrected chi connectivity index (χ2v) is 5.23. The van der Waals surface area contributed by atoms with Crippen LogP contribution in [-0.4, -0.2) is 9.97 Å². The Balaban J connectivity index is 2.24. The van der Waals surface area contributed by atoms with Crippen LogP contribution in [0.3, 0.4) is 0 Å². The molecule has 0 fully saturated rings. The molecule has 0 radical (unpaired) electrons. The van der Waals surface area contributed by atoms with E-state index in [2.05, 4.69) is 57.2 Å². The molecule has 0 aliphatic rings. The van der Waals surface area contributed by atoms with Crippen molar-refractivity contribution in [3.05, 3.63) is 52.0 Å². The summed E-state index contributed by atoms with van der Waals surface area (Å²) in [5.41, 5.74) is 4.24. The summed E-state index contributed by atoms with van der Waals surface area (Å²) in [7, 11) is 0. The number of hydrogen-bond donors (Lipinski definition) is 1. The number of halogens is 1. The summed E-state index contributed by atoms with van der Waals surface area (Å²) >= 11 is 3.55. The summed E-state index contributed by atoms with van der Waals surface area (Å²) < 4.78 is 1.06. The van der Waals surface area contributed by atoms with Crippen LogP contribution in [0.2, 0.25) is 0 Å². The van der Waals surface area contributed by atoms with Crippen LogP contribution >= 0.6 is 15.9 Å². The van der Waals surface area contributed by atoms with Gasteiger partial charge in [-0.15, -0.1) is 0 Å². The lowest BCUT2D eigenvalue weighted by molar-refractivity contribution is 0.809. The van der Waals surface area contributed by atoms with Gasteiger partial charge in [0.1, 0.15) is 0 Å². The molecule has 0 saturated carbocycles. The van der Waals surface area contributed by atoms with Crippen molar-refractivity contribution in [1.82, 2.24) is 9.97 Å². The maximum atomic E-state index is 4.39. The van der Waals surface area contributed by atoms with Crippen LogP contribution in [0.15, 0.2) is 35.1 Å². The summed E-state index contributed by atoms with van der Waals surface area (Å²) in [6.07, 6.45) is 3.44. The van der Waals surface area contributed by atoms with E-state index < -0.39 is 0 Å². The highest BCUT2D eigenvalue weighted by Crippen LogP contribution is 2.27. The van der Waals surface area contributed by atoms with Gasteiger partial charge in [0, 0.05) is 22.6 Å². The molecule has 18 heavy (non-hydrogen) atoms. The maximum Gasteiger partial charge on any atom is 0.0835 e. The minimum absolute atomic E-state index is 0.122. The van der Waals surface area contributed by atoms with E-state index in [1.165, 1.54) is 5.56 Å². The molecule has 4 heteroatoms. The lowest BCUT2D eigenvalue weighted by atomic mass is 10.1. The van der Waals surface area contributed by atoms with Gasteiger partial charge in [0.15, 0.2) is 0 Å². The van der Waals surface area contributed by atoms with Crippen LogP contribution in [0.25, 0.3) is 0 Å². The molecule has 0 aliphatic carbocycles. The minimum Gasteiger partial charge on any atom is -0.376 e. The van der Waals surface area contributed by atoms with Crippen LogP contribution in [0, 0.1) is 13.8 Å². The number of rotatable bonds is 3. The zero-order valence-corrected chi connectivity index (χ0v) is 12.3. The first kappa shape index (κ1) is 13.0. The van der Waals surface area contributed by atoms with E-state index in [1.807, 2.05) is 13.0 Å². The summed E-state index contributed by atoms with van der Waals surface area (Å²) in [6, 6.07) is 6.37. The van der Waals surface area contributed by atoms with Crippen molar-refractivity contribution in [2.24, 2.45) is 0 Å². The third kappa shape index (κ3) is 2.88. The van der Waals surface area contributed by atoms with Crippen molar-refractivity contribution in [3.8, 4) is 0 Å². The molecule has 0 spiro atoms. The highest BCUT2D eigenvalue weighted by molar-refractivity contribution is 9.10. The van der Waals surface area contributed by atoms with E-state index in [9.17, 15) is 0 Å². The van der Waals surface area contributed by atoms with E-state index in [0.29, 0.717) is 0 Å². The van der Waals surface area contributed by atoms with Gasteiger partial charge in [0.05, 0.1) is 17.4 Å². The Hall–Kier alpha value is -1.42. The number of aromatic nitrogens is 2. The first-order chi connectivity index (χ1) is 8.58. The summed E-state index contributed by atoms with van der Waals surface area (Å²) in [5, 5.41) is 3.46. The van der Waals surface area contributed by atoms with Crippen LogP contribution in [0.4, 0.5) is 5.69 Å². The topological polar surface area (TPSA) is 37.8 Å². The Bertz CT molecular complexity index is 554. The average molecular weight is 306 g/mol. The van der Waals surface area contributed by atoms with Gasteiger partial charge < -0.3 is 5.32 Å². The first-order valence-electron chi connectivity index (χ1n) is 5.88. The highest BCUT2D eigenvalue weighted by atomic mass is 79.9. The predicted molar refractivity (Wildman–Crippen MR) is 77.7 cm³/mol. The molecule has 1 unspecified atom stereocenters. The highest BCUT2D eigenvalue weighted by Gasteiger charge is 2.11. The molecule has 2 rings (SSSR count). The van der Waals surface area contributed by atoms with Gasteiger partial charge in [-0.3, -0.25) is 9.97 Å². The molecule has 1 heterocycles. The van der Waals surface area contributed by atoms with Gasteiger partial charge in [-0.25, -0.2) is 0 Å². The van der Waals surface area contributed by atoms with Crippen molar-refractivity contribution < 1.29 is 0 Å². The van der Waals surface area contributed by atoms with Gasteiger partial charge >= 0.3 is 0 Å². The van der Waals surface area contributed by atoms with Crippen LogP contribution in [0.1, 0.15) is 29.9 Å². The van der Waals surface area contributed by atoms with Crippen molar-refractivity contribution in [2.45, 2.75) is 26.8 Å². The quantitative estimate of drug-likeness (QED) is 0.930. The molecular formula is C14H16BrN3.